The smallest absolute Gasteiger partial charge is 0.251 e. The van der Waals surface area contributed by atoms with E-state index in [1.54, 1.807) is 13.0 Å². The lowest BCUT2D eigenvalue weighted by molar-refractivity contribution is -0.112. The molecule has 0 fully saturated rings. The van der Waals surface area contributed by atoms with E-state index in [0.29, 0.717) is 24.3 Å². The van der Waals surface area contributed by atoms with Gasteiger partial charge in [0, 0.05) is 11.6 Å². The highest BCUT2D eigenvalue weighted by molar-refractivity contribution is 9.10. The highest BCUT2D eigenvalue weighted by Gasteiger charge is 2.21. The highest BCUT2D eigenvalue weighted by Crippen LogP contribution is 2.34. The molecule has 1 aromatic rings. The van der Waals surface area contributed by atoms with Crippen molar-refractivity contribution >= 4 is 27.5 Å². The minimum Gasteiger partial charge on any atom is -0.501 e. The predicted octanol–water partition coefficient (Wildman–Crippen LogP) is 3.11. The molecule has 0 saturated carbocycles. The topological polar surface area (TPSA) is 47.6 Å². The minimum absolute atomic E-state index is 0.127. The number of amides is 1. The van der Waals surface area contributed by atoms with Gasteiger partial charge in [-0.2, -0.15) is 0 Å². The van der Waals surface area contributed by atoms with Gasteiger partial charge in [-0.1, -0.05) is 0 Å². The van der Waals surface area contributed by atoms with Gasteiger partial charge in [-0.05, 0) is 34.5 Å². The number of fused-ring (bicyclic) bond motifs is 1. The Hall–Kier alpha value is -1.40. The van der Waals surface area contributed by atoms with Gasteiger partial charge in [-0.15, -0.1) is 0 Å². The fourth-order valence-electron chi connectivity index (χ4n) is 1.74. The fraction of sp³-hybridized carbons (Fsp3) is 0.308. The summed E-state index contributed by atoms with van der Waals surface area (Å²) in [6.07, 6.45) is 2.49. The molecule has 1 aliphatic heterocycles. The molecule has 0 spiro atoms. The molecule has 2 rings (SSSR count). The van der Waals surface area contributed by atoms with Crippen LogP contribution in [-0.4, -0.2) is 12.5 Å². The summed E-state index contributed by atoms with van der Waals surface area (Å²) in [5, 5.41) is 2.47. The van der Waals surface area contributed by atoms with E-state index in [1.807, 2.05) is 0 Å². The average Bonchev–Trinajstić information content (AvgIpc) is 2.84. The van der Waals surface area contributed by atoms with E-state index >= 15 is 0 Å². The summed E-state index contributed by atoms with van der Waals surface area (Å²) in [6.45, 7) is 3.08. The maximum Gasteiger partial charge on any atom is 0.251 e. The zero-order valence-electron chi connectivity index (χ0n) is 10.3. The first kappa shape index (κ1) is 14.0. The van der Waals surface area contributed by atoms with Crippen molar-refractivity contribution in [2.45, 2.75) is 20.1 Å². The number of halogens is 2. The molecule has 0 aliphatic carbocycles. The number of benzene rings is 1. The molecule has 1 aromatic carbocycles. The second-order valence-corrected chi connectivity index (χ2v) is 4.72. The van der Waals surface area contributed by atoms with Crippen LogP contribution in [0.5, 0.6) is 0 Å². The van der Waals surface area contributed by atoms with Gasteiger partial charge in [0.05, 0.1) is 36.2 Å². The summed E-state index contributed by atoms with van der Waals surface area (Å²) in [7, 11) is 0. The fourth-order valence-corrected chi connectivity index (χ4v) is 2.32. The van der Waals surface area contributed by atoms with E-state index in [-0.39, 0.29) is 5.69 Å². The van der Waals surface area contributed by atoms with Gasteiger partial charge in [0.1, 0.15) is 0 Å². The third-order valence-electron chi connectivity index (χ3n) is 2.64. The van der Waals surface area contributed by atoms with Crippen LogP contribution in [0.2, 0.25) is 0 Å². The van der Waals surface area contributed by atoms with Crippen molar-refractivity contribution in [2.75, 3.05) is 11.9 Å². The monoisotopic (exact) mass is 329 g/mol. The van der Waals surface area contributed by atoms with E-state index in [2.05, 4.69) is 21.2 Å². The molecule has 1 amide bonds. The summed E-state index contributed by atoms with van der Waals surface area (Å²) >= 11 is 3.19. The molecule has 0 atom stereocenters. The minimum atomic E-state index is -0.498. The largest absolute Gasteiger partial charge is 0.501 e. The first-order valence-electron chi connectivity index (χ1n) is 5.80. The predicted molar refractivity (Wildman–Crippen MR) is 72.0 cm³/mol. The Morgan fingerprint density at radius 1 is 1.63 bits per heavy atom. The third-order valence-corrected chi connectivity index (χ3v) is 3.47. The second kappa shape index (κ2) is 6.16. The summed E-state index contributed by atoms with van der Waals surface area (Å²) in [5.74, 6) is -0.944. The lowest BCUT2D eigenvalue weighted by Gasteiger charge is -2.09. The van der Waals surface area contributed by atoms with E-state index in [0.717, 1.165) is 11.1 Å². The van der Waals surface area contributed by atoms with E-state index in [4.69, 9.17) is 9.47 Å². The van der Waals surface area contributed by atoms with Crippen LogP contribution >= 0.6 is 15.9 Å². The number of nitrogens with one attached hydrogen (secondary N) is 1. The van der Waals surface area contributed by atoms with Crippen molar-refractivity contribution < 1.29 is 18.7 Å². The Morgan fingerprint density at radius 3 is 3.16 bits per heavy atom. The van der Waals surface area contributed by atoms with Crippen LogP contribution in [0.25, 0.3) is 0 Å². The maximum atomic E-state index is 14.0. The summed E-state index contributed by atoms with van der Waals surface area (Å²) < 4.78 is 24.5. The SMILES string of the molecule is CCO/C=C/C(=O)Nc1cc2c(c(Br)c1F)COC2. The van der Waals surface area contributed by atoms with Crippen LogP contribution in [0.3, 0.4) is 0 Å². The molecule has 0 aromatic heterocycles. The Bertz CT molecular complexity index is 531. The van der Waals surface area contributed by atoms with Crippen molar-refractivity contribution in [1.29, 1.82) is 0 Å². The van der Waals surface area contributed by atoms with Crippen LogP contribution in [-0.2, 0) is 27.5 Å². The van der Waals surface area contributed by atoms with Crippen LogP contribution in [0.1, 0.15) is 18.1 Å². The van der Waals surface area contributed by atoms with Gasteiger partial charge >= 0.3 is 0 Å². The van der Waals surface area contributed by atoms with Crippen LogP contribution in [0.15, 0.2) is 22.9 Å². The molecule has 0 bridgehead atoms. The molecule has 0 saturated heterocycles. The van der Waals surface area contributed by atoms with Gasteiger partial charge in [-0.25, -0.2) is 4.39 Å². The Morgan fingerprint density at radius 2 is 2.42 bits per heavy atom. The van der Waals surface area contributed by atoms with Gasteiger partial charge in [0.15, 0.2) is 5.82 Å². The lowest BCUT2D eigenvalue weighted by atomic mass is 10.1. The molecular formula is C13H13BrFNO3. The maximum absolute atomic E-state index is 14.0. The quantitative estimate of drug-likeness (QED) is 0.682. The molecule has 0 unspecified atom stereocenters. The van der Waals surface area contributed by atoms with E-state index < -0.39 is 11.7 Å². The molecule has 0 radical (unpaired) electrons. The highest BCUT2D eigenvalue weighted by atomic mass is 79.9. The number of anilines is 1. The molecule has 4 nitrogen and oxygen atoms in total. The van der Waals surface area contributed by atoms with Crippen molar-refractivity contribution in [2.24, 2.45) is 0 Å². The zero-order chi connectivity index (χ0) is 13.8. The Kier molecular flexibility index (Phi) is 4.55. The molecule has 1 aliphatic rings. The number of hydrogen-bond acceptors (Lipinski definition) is 3. The van der Waals surface area contributed by atoms with Gasteiger partial charge in [0.2, 0.25) is 0 Å². The number of carbonyl (C=O) groups excluding carboxylic acids is 1. The number of hydrogen-bond donors (Lipinski definition) is 1. The molecule has 19 heavy (non-hydrogen) atoms. The number of rotatable bonds is 4. The van der Waals surface area contributed by atoms with Gasteiger partial charge in [0.25, 0.3) is 5.91 Å². The average molecular weight is 330 g/mol. The van der Waals surface area contributed by atoms with Crippen molar-refractivity contribution in [3.63, 3.8) is 0 Å². The second-order valence-electron chi connectivity index (χ2n) is 3.93. The molecular weight excluding hydrogens is 317 g/mol. The Balaban J connectivity index is 2.17. The van der Waals surface area contributed by atoms with Crippen LogP contribution < -0.4 is 5.32 Å². The molecule has 102 valence electrons. The lowest BCUT2D eigenvalue weighted by Crippen LogP contribution is -2.10. The summed E-state index contributed by atoms with van der Waals surface area (Å²) in [6, 6.07) is 1.59. The Labute approximate surface area is 118 Å². The van der Waals surface area contributed by atoms with Crippen LogP contribution in [0, 0.1) is 5.82 Å². The molecule has 1 N–H and O–H groups in total. The number of ether oxygens (including phenoxy) is 2. The van der Waals surface area contributed by atoms with Crippen LogP contribution in [0.4, 0.5) is 10.1 Å². The normalized spacial score (nSPS) is 13.6. The van der Waals surface area contributed by atoms with Crippen molar-refractivity contribution in [3.05, 3.63) is 39.8 Å². The third kappa shape index (κ3) is 3.13. The summed E-state index contributed by atoms with van der Waals surface area (Å²) in [4.78, 5) is 11.6. The van der Waals surface area contributed by atoms with E-state index in [1.165, 1.54) is 12.3 Å². The zero-order valence-corrected chi connectivity index (χ0v) is 11.9. The number of carbonyl (C=O) groups is 1. The molecule has 6 heteroatoms. The van der Waals surface area contributed by atoms with Gasteiger partial charge in [-0.3, -0.25) is 4.79 Å². The standard InChI is InChI=1S/C13H13BrFNO3/c1-2-18-4-3-11(17)16-10-5-8-6-19-7-9(8)12(14)13(10)15/h3-5H,2,6-7H2,1H3,(H,16,17)/b4-3+. The summed E-state index contributed by atoms with van der Waals surface area (Å²) in [5.41, 5.74) is 1.79. The van der Waals surface area contributed by atoms with Gasteiger partial charge < -0.3 is 14.8 Å². The van der Waals surface area contributed by atoms with Crippen molar-refractivity contribution in [3.8, 4) is 0 Å². The molecule has 1 heterocycles. The van der Waals surface area contributed by atoms with Crippen molar-refractivity contribution in [1.82, 2.24) is 0 Å². The first-order chi connectivity index (χ1) is 9.13. The van der Waals surface area contributed by atoms with E-state index in [9.17, 15) is 9.18 Å². The first-order valence-corrected chi connectivity index (χ1v) is 6.59.